The van der Waals surface area contributed by atoms with Crippen LogP contribution in [0.15, 0.2) is 36.4 Å². The maximum absolute atomic E-state index is 12.3. The monoisotopic (exact) mass is 344 g/mol. The van der Waals surface area contributed by atoms with Gasteiger partial charge >= 0.3 is 0 Å². The molecule has 0 bridgehead atoms. The number of carbonyl (C=O) groups excluding carboxylic acids is 1. The van der Waals surface area contributed by atoms with Gasteiger partial charge in [0.2, 0.25) is 0 Å². The molecule has 2 aliphatic rings. The van der Waals surface area contributed by atoms with Gasteiger partial charge in [0.15, 0.2) is 6.61 Å². The summed E-state index contributed by atoms with van der Waals surface area (Å²) in [6, 6.07) is 7.31. The van der Waals surface area contributed by atoms with E-state index in [2.05, 4.69) is 17.1 Å². The molecule has 0 N–H and O–H groups in total. The van der Waals surface area contributed by atoms with Gasteiger partial charge in [-0.2, -0.15) is 0 Å². The average molecular weight is 344 g/mol. The summed E-state index contributed by atoms with van der Waals surface area (Å²) < 4.78 is 10.7. The number of hydrogen-bond donors (Lipinski definition) is 0. The maximum atomic E-state index is 12.3. The van der Waals surface area contributed by atoms with E-state index in [4.69, 9.17) is 9.47 Å². The van der Waals surface area contributed by atoms with Crippen molar-refractivity contribution in [1.82, 2.24) is 9.80 Å². The third-order valence-corrected chi connectivity index (χ3v) is 5.04. The Hall–Kier alpha value is -2.01. The van der Waals surface area contributed by atoms with Crippen LogP contribution < -0.4 is 9.47 Å². The smallest absolute Gasteiger partial charge is 0.260 e. The van der Waals surface area contributed by atoms with E-state index in [1.807, 2.05) is 29.2 Å². The number of carbonyl (C=O) groups is 1. The molecule has 1 aromatic carbocycles. The zero-order chi connectivity index (χ0) is 17.5. The van der Waals surface area contributed by atoms with Crippen LogP contribution in [0.3, 0.4) is 0 Å². The number of nitrogens with zero attached hydrogens (tertiary/aromatic N) is 2. The predicted octanol–water partition coefficient (Wildman–Crippen LogP) is 2.57. The van der Waals surface area contributed by atoms with Gasteiger partial charge in [-0.25, -0.2) is 0 Å². The van der Waals surface area contributed by atoms with Crippen molar-refractivity contribution in [3.8, 4) is 11.5 Å². The molecule has 25 heavy (non-hydrogen) atoms. The minimum absolute atomic E-state index is 0.0658. The Labute approximate surface area is 150 Å². The van der Waals surface area contributed by atoms with Gasteiger partial charge in [-0.1, -0.05) is 12.2 Å². The molecule has 1 aliphatic heterocycles. The summed E-state index contributed by atoms with van der Waals surface area (Å²) in [5.74, 6) is 2.32. The summed E-state index contributed by atoms with van der Waals surface area (Å²) in [6.07, 6.45) is 8.31. The Balaban J connectivity index is 1.38. The van der Waals surface area contributed by atoms with Crippen LogP contribution >= 0.6 is 0 Å². The Morgan fingerprint density at radius 2 is 1.80 bits per heavy atom. The number of ether oxygens (including phenoxy) is 2. The summed E-state index contributed by atoms with van der Waals surface area (Å²) in [5.41, 5.74) is 0. The van der Waals surface area contributed by atoms with Crippen molar-refractivity contribution in [2.45, 2.75) is 19.3 Å². The molecule has 1 atom stereocenters. The summed E-state index contributed by atoms with van der Waals surface area (Å²) in [6.45, 7) is 4.79. The molecule has 1 unspecified atom stereocenters. The summed E-state index contributed by atoms with van der Waals surface area (Å²) in [7, 11) is 1.63. The van der Waals surface area contributed by atoms with Crippen molar-refractivity contribution in [2.75, 3.05) is 46.4 Å². The number of methoxy groups -OCH3 is 1. The van der Waals surface area contributed by atoms with Gasteiger partial charge < -0.3 is 14.4 Å². The first kappa shape index (κ1) is 17.8. The van der Waals surface area contributed by atoms with Gasteiger partial charge in [-0.3, -0.25) is 9.69 Å². The maximum Gasteiger partial charge on any atom is 0.260 e. The predicted molar refractivity (Wildman–Crippen MR) is 98.0 cm³/mol. The van der Waals surface area contributed by atoms with E-state index in [1.54, 1.807) is 7.11 Å². The third kappa shape index (κ3) is 5.23. The van der Waals surface area contributed by atoms with Crippen LogP contribution in [0.5, 0.6) is 11.5 Å². The molecule has 1 saturated heterocycles. The lowest BCUT2D eigenvalue weighted by Gasteiger charge is -2.36. The zero-order valence-corrected chi connectivity index (χ0v) is 15.0. The molecule has 136 valence electrons. The van der Waals surface area contributed by atoms with Crippen LogP contribution in [0.4, 0.5) is 0 Å². The largest absolute Gasteiger partial charge is 0.497 e. The quantitative estimate of drug-likeness (QED) is 0.744. The number of benzene rings is 1. The van der Waals surface area contributed by atoms with E-state index >= 15 is 0 Å². The second-order valence-corrected chi connectivity index (χ2v) is 6.80. The highest BCUT2D eigenvalue weighted by atomic mass is 16.5. The lowest BCUT2D eigenvalue weighted by atomic mass is 9.94. The summed E-state index contributed by atoms with van der Waals surface area (Å²) >= 11 is 0. The van der Waals surface area contributed by atoms with E-state index < -0.39 is 0 Å². The molecule has 3 rings (SSSR count). The fraction of sp³-hybridized carbons (Fsp3) is 0.550. The van der Waals surface area contributed by atoms with Gasteiger partial charge in [0.1, 0.15) is 11.5 Å². The van der Waals surface area contributed by atoms with E-state index in [9.17, 15) is 4.79 Å². The van der Waals surface area contributed by atoms with Crippen molar-refractivity contribution < 1.29 is 14.3 Å². The molecule has 5 heteroatoms. The fourth-order valence-electron chi connectivity index (χ4n) is 3.48. The molecule has 5 nitrogen and oxygen atoms in total. The summed E-state index contributed by atoms with van der Waals surface area (Å²) in [5, 5.41) is 0. The molecular weight excluding hydrogens is 316 g/mol. The van der Waals surface area contributed by atoms with Gasteiger partial charge in [0.25, 0.3) is 5.91 Å². The number of allylic oxidation sites excluding steroid dienone is 2. The highest BCUT2D eigenvalue weighted by Gasteiger charge is 2.23. The topological polar surface area (TPSA) is 42.0 Å². The highest BCUT2D eigenvalue weighted by molar-refractivity contribution is 5.77. The summed E-state index contributed by atoms with van der Waals surface area (Å²) in [4.78, 5) is 16.8. The van der Waals surface area contributed by atoms with Gasteiger partial charge in [0, 0.05) is 32.7 Å². The highest BCUT2D eigenvalue weighted by Crippen LogP contribution is 2.20. The molecular formula is C20H28N2O3. The van der Waals surface area contributed by atoms with E-state index in [1.165, 1.54) is 19.3 Å². The van der Waals surface area contributed by atoms with Crippen molar-refractivity contribution in [3.05, 3.63) is 36.4 Å². The lowest BCUT2D eigenvalue weighted by molar-refractivity contribution is -0.135. The fourth-order valence-corrected chi connectivity index (χ4v) is 3.48. The second kappa shape index (κ2) is 8.90. The van der Waals surface area contributed by atoms with Crippen molar-refractivity contribution in [1.29, 1.82) is 0 Å². The van der Waals surface area contributed by atoms with E-state index in [0.717, 1.165) is 44.4 Å². The minimum atomic E-state index is 0.0658. The normalized spacial score (nSPS) is 21.2. The SMILES string of the molecule is COc1ccc(OCC(=O)N2CCN(CC3CC=CCC3)CC2)cc1. The van der Waals surface area contributed by atoms with Crippen LogP contribution in [-0.2, 0) is 4.79 Å². The first-order chi connectivity index (χ1) is 12.2. The number of hydrogen-bond acceptors (Lipinski definition) is 4. The third-order valence-electron chi connectivity index (χ3n) is 5.04. The lowest BCUT2D eigenvalue weighted by Crippen LogP contribution is -2.50. The Morgan fingerprint density at radius 3 is 2.44 bits per heavy atom. The van der Waals surface area contributed by atoms with Crippen molar-refractivity contribution in [3.63, 3.8) is 0 Å². The Morgan fingerprint density at radius 1 is 1.08 bits per heavy atom. The standard InChI is InChI=1S/C20H28N2O3/c1-24-18-7-9-19(10-8-18)25-16-20(23)22-13-11-21(12-14-22)15-17-5-3-2-4-6-17/h2-3,7-10,17H,4-6,11-16H2,1H3. The molecule has 1 heterocycles. The van der Waals surface area contributed by atoms with E-state index in [-0.39, 0.29) is 12.5 Å². The first-order valence-electron chi connectivity index (χ1n) is 9.16. The molecule has 1 amide bonds. The second-order valence-electron chi connectivity index (χ2n) is 6.80. The van der Waals surface area contributed by atoms with Crippen LogP contribution in [0.2, 0.25) is 0 Å². The minimum Gasteiger partial charge on any atom is -0.497 e. The molecule has 0 radical (unpaired) electrons. The van der Waals surface area contributed by atoms with Gasteiger partial charge in [0.05, 0.1) is 7.11 Å². The van der Waals surface area contributed by atoms with Crippen molar-refractivity contribution >= 4 is 5.91 Å². The van der Waals surface area contributed by atoms with Crippen molar-refractivity contribution in [2.24, 2.45) is 5.92 Å². The van der Waals surface area contributed by atoms with Gasteiger partial charge in [-0.15, -0.1) is 0 Å². The van der Waals surface area contributed by atoms with Crippen LogP contribution in [0.25, 0.3) is 0 Å². The number of piperazine rings is 1. The van der Waals surface area contributed by atoms with Gasteiger partial charge in [-0.05, 0) is 49.4 Å². The van der Waals surface area contributed by atoms with Crippen LogP contribution in [0.1, 0.15) is 19.3 Å². The first-order valence-corrected chi connectivity index (χ1v) is 9.16. The molecule has 1 aromatic rings. The number of rotatable bonds is 6. The molecule has 1 fully saturated rings. The van der Waals surface area contributed by atoms with E-state index in [0.29, 0.717) is 5.75 Å². The van der Waals surface area contributed by atoms with Crippen LogP contribution in [-0.4, -0.2) is 62.1 Å². The average Bonchev–Trinajstić information content (AvgIpc) is 2.68. The molecule has 0 saturated carbocycles. The number of amides is 1. The molecule has 0 aromatic heterocycles. The van der Waals surface area contributed by atoms with Crippen LogP contribution in [0, 0.1) is 5.92 Å². The zero-order valence-electron chi connectivity index (χ0n) is 15.0. The Bertz CT molecular complexity index is 577. The molecule has 0 spiro atoms. The molecule has 1 aliphatic carbocycles. The Kier molecular flexibility index (Phi) is 6.34.